The van der Waals surface area contributed by atoms with Crippen LogP contribution in [0.1, 0.15) is 20.3 Å². The Morgan fingerprint density at radius 2 is 2.08 bits per heavy atom. The number of hydrogen-bond acceptors (Lipinski definition) is 2. The van der Waals surface area contributed by atoms with Gasteiger partial charge in [-0.15, -0.1) is 0 Å². The molecule has 0 aromatic rings. The van der Waals surface area contributed by atoms with E-state index in [1.807, 2.05) is 6.92 Å². The van der Waals surface area contributed by atoms with Crippen LogP contribution in [-0.4, -0.2) is 35.0 Å². The third-order valence-electron chi connectivity index (χ3n) is 2.65. The molecule has 0 aliphatic carbocycles. The van der Waals surface area contributed by atoms with Crippen molar-refractivity contribution in [3.05, 3.63) is 0 Å². The van der Waals surface area contributed by atoms with Gasteiger partial charge in [0.1, 0.15) is 0 Å². The highest BCUT2D eigenvalue weighted by molar-refractivity contribution is 5.74. The first-order valence-electron chi connectivity index (χ1n) is 4.48. The number of rotatable bonds is 2. The van der Waals surface area contributed by atoms with Crippen LogP contribution in [0.25, 0.3) is 0 Å². The molecule has 0 spiro atoms. The van der Waals surface area contributed by atoms with Crippen LogP contribution in [0, 0.1) is 11.8 Å². The Balaban J connectivity index is 2.51. The summed E-state index contributed by atoms with van der Waals surface area (Å²) in [6.07, 6.45) is 0.172. The van der Waals surface area contributed by atoms with E-state index in [1.54, 1.807) is 4.90 Å². The normalized spacial score (nSPS) is 27.7. The lowest BCUT2D eigenvalue weighted by molar-refractivity contribution is -0.138. The summed E-state index contributed by atoms with van der Waals surface area (Å²) >= 11 is 0. The van der Waals surface area contributed by atoms with Gasteiger partial charge < -0.3 is 10.0 Å². The number of amides is 1. The first kappa shape index (κ1) is 10.0. The average Bonchev–Trinajstić information content (AvgIpc) is 2.31. The Kier molecular flexibility index (Phi) is 2.90. The fourth-order valence-corrected chi connectivity index (χ4v) is 1.78. The lowest BCUT2D eigenvalue weighted by Gasteiger charge is -2.12. The first-order valence-corrected chi connectivity index (χ1v) is 4.48. The molecule has 1 aliphatic heterocycles. The fourth-order valence-electron chi connectivity index (χ4n) is 1.78. The lowest BCUT2D eigenvalue weighted by atomic mass is 9.95. The maximum atomic E-state index is 11.0. The average molecular weight is 185 g/mol. The summed E-state index contributed by atoms with van der Waals surface area (Å²) < 4.78 is 0. The van der Waals surface area contributed by atoms with Gasteiger partial charge in [0.2, 0.25) is 5.91 Å². The largest absolute Gasteiger partial charge is 0.481 e. The molecule has 0 saturated carbocycles. The second-order valence-corrected chi connectivity index (χ2v) is 3.76. The summed E-state index contributed by atoms with van der Waals surface area (Å²) in [5, 5.41) is 8.61. The van der Waals surface area contributed by atoms with Gasteiger partial charge in [-0.2, -0.15) is 0 Å². The van der Waals surface area contributed by atoms with Gasteiger partial charge in [-0.25, -0.2) is 0 Å². The number of aliphatic carboxylic acids is 1. The summed E-state index contributed by atoms with van der Waals surface area (Å²) in [5.74, 6) is -0.302. The number of carbonyl (C=O) groups is 2. The Labute approximate surface area is 77.5 Å². The minimum absolute atomic E-state index is 0.0414. The van der Waals surface area contributed by atoms with Gasteiger partial charge in [0.25, 0.3) is 0 Å². The number of hydrogen-bond donors (Lipinski definition) is 1. The summed E-state index contributed by atoms with van der Waals surface area (Å²) in [5.41, 5.74) is 0. The van der Waals surface area contributed by atoms with Gasteiger partial charge in [-0.1, -0.05) is 6.92 Å². The molecule has 0 bridgehead atoms. The Morgan fingerprint density at radius 1 is 1.46 bits per heavy atom. The van der Waals surface area contributed by atoms with Crippen molar-refractivity contribution in [3.8, 4) is 0 Å². The van der Waals surface area contributed by atoms with Crippen molar-refractivity contribution in [1.82, 2.24) is 4.90 Å². The summed E-state index contributed by atoms with van der Waals surface area (Å²) in [7, 11) is 0. The quantitative estimate of drug-likeness (QED) is 0.684. The predicted molar refractivity (Wildman–Crippen MR) is 47.2 cm³/mol. The maximum absolute atomic E-state index is 11.0. The van der Waals surface area contributed by atoms with Gasteiger partial charge in [-0.05, 0) is 11.8 Å². The molecule has 1 fully saturated rings. The molecule has 1 saturated heterocycles. The van der Waals surface area contributed by atoms with E-state index in [0.29, 0.717) is 19.0 Å². The molecule has 13 heavy (non-hydrogen) atoms. The number of nitrogens with zero attached hydrogens (tertiary/aromatic N) is 1. The SMILES string of the molecule is CC(=O)N1C[C@@H](CC(=O)O)[C@H](C)C1. The summed E-state index contributed by atoms with van der Waals surface area (Å²) in [6.45, 7) is 4.82. The van der Waals surface area contributed by atoms with E-state index in [2.05, 4.69) is 0 Å². The van der Waals surface area contributed by atoms with Crippen LogP contribution in [-0.2, 0) is 9.59 Å². The highest BCUT2D eigenvalue weighted by Crippen LogP contribution is 2.25. The van der Waals surface area contributed by atoms with Crippen LogP contribution >= 0.6 is 0 Å². The van der Waals surface area contributed by atoms with Gasteiger partial charge in [0, 0.05) is 20.0 Å². The van der Waals surface area contributed by atoms with Crippen LogP contribution in [0.4, 0.5) is 0 Å². The summed E-state index contributed by atoms with van der Waals surface area (Å²) in [4.78, 5) is 23.2. The molecular weight excluding hydrogens is 170 g/mol. The highest BCUT2D eigenvalue weighted by atomic mass is 16.4. The van der Waals surface area contributed by atoms with Crippen molar-refractivity contribution in [2.45, 2.75) is 20.3 Å². The number of carboxylic acids is 1. The van der Waals surface area contributed by atoms with E-state index in [9.17, 15) is 9.59 Å². The molecule has 1 N–H and O–H groups in total. The van der Waals surface area contributed by atoms with Crippen molar-refractivity contribution < 1.29 is 14.7 Å². The van der Waals surface area contributed by atoms with E-state index in [-0.39, 0.29) is 18.2 Å². The minimum Gasteiger partial charge on any atom is -0.481 e. The topological polar surface area (TPSA) is 57.6 Å². The molecule has 0 aromatic carbocycles. The summed E-state index contributed by atoms with van der Waals surface area (Å²) in [6, 6.07) is 0. The minimum atomic E-state index is -0.776. The van der Waals surface area contributed by atoms with E-state index < -0.39 is 5.97 Å². The third kappa shape index (κ3) is 2.44. The second kappa shape index (κ2) is 3.77. The zero-order valence-electron chi connectivity index (χ0n) is 7.99. The van der Waals surface area contributed by atoms with Gasteiger partial charge in [0.05, 0.1) is 6.42 Å². The van der Waals surface area contributed by atoms with E-state index in [4.69, 9.17) is 5.11 Å². The van der Waals surface area contributed by atoms with Gasteiger partial charge in [0.15, 0.2) is 0 Å². The predicted octanol–water partition coefficient (Wildman–Crippen LogP) is 0.575. The lowest BCUT2D eigenvalue weighted by Crippen LogP contribution is -2.26. The smallest absolute Gasteiger partial charge is 0.303 e. The molecule has 74 valence electrons. The van der Waals surface area contributed by atoms with Crippen LogP contribution in [0.15, 0.2) is 0 Å². The standard InChI is InChI=1S/C9H15NO3/c1-6-4-10(7(2)11)5-8(6)3-9(12)13/h6,8H,3-5H2,1-2H3,(H,12,13)/t6-,8-/m1/s1. The molecule has 4 heteroatoms. The maximum Gasteiger partial charge on any atom is 0.303 e. The van der Waals surface area contributed by atoms with Crippen molar-refractivity contribution >= 4 is 11.9 Å². The molecule has 0 radical (unpaired) electrons. The van der Waals surface area contributed by atoms with Crippen LogP contribution < -0.4 is 0 Å². The zero-order chi connectivity index (χ0) is 10.0. The Hall–Kier alpha value is -1.06. The van der Waals surface area contributed by atoms with Crippen LogP contribution in [0.2, 0.25) is 0 Å². The molecule has 2 atom stereocenters. The number of carbonyl (C=O) groups excluding carboxylic acids is 1. The van der Waals surface area contributed by atoms with Gasteiger partial charge in [-0.3, -0.25) is 9.59 Å². The number of carboxylic acid groups (broad SMARTS) is 1. The van der Waals surface area contributed by atoms with Crippen molar-refractivity contribution in [2.24, 2.45) is 11.8 Å². The zero-order valence-corrected chi connectivity index (χ0v) is 7.99. The van der Waals surface area contributed by atoms with Crippen molar-refractivity contribution in [1.29, 1.82) is 0 Å². The van der Waals surface area contributed by atoms with Crippen molar-refractivity contribution in [3.63, 3.8) is 0 Å². The molecule has 4 nitrogen and oxygen atoms in total. The molecule has 1 heterocycles. The highest BCUT2D eigenvalue weighted by Gasteiger charge is 2.32. The monoisotopic (exact) mass is 185 g/mol. The van der Waals surface area contributed by atoms with E-state index in [1.165, 1.54) is 6.92 Å². The van der Waals surface area contributed by atoms with Crippen LogP contribution in [0.5, 0.6) is 0 Å². The molecule has 1 amide bonds. The van der Waals surface area contributed by atoms with Crippen LogP contribution in [0.3, 0.4) is 0 Å². The molecule has 0 unspecified atom stereocenters. The van der Waals surface area contributed by atoms with E-state index >= 15 is 0 Å². The number of likely N-dealkylation sites (tertiary alicyclic amines) is 1. The molecule has 1 rings (SSSR count). The fraction of sp³-hybridized carbons (Fsp3) is 0.778. The Morgan fingerprint density at radius 3 is 2.46 bits per heavy atom. The molecule has 1 aliphatic rings. The first-order chi connectivity index (χ1) is 6.00. The second-order valence-electron chi connectivity index (χ2n) is 3.76. The molecular formula is C9H15NO3. The third-order valence-corrected chi connectivity index (χ3v) is 2.65. The van der Waals surface area contributed by atoms with Gasteiger partial charge >= 0.3 is 5.97 Å². The molecule has 0 aromatic heterocycles. The Bertz CT molecular complexity index is 227. The van der Waals surface area contributed by atoms with Crippen molar-refractivity contribution in [2.75, 3.05) is 13.1 Å². The van der Waals surface area contributed by atoms with E-state index in [0.717, 1.165) is 0 Å².